The molecule has 4 aliphatic heterocycles. The van der Waals surface area contributed by atoms with Crippen LogP contribution in [0.15, 0.2) is 72.8 Å². The van der Waals surface area contributed by atoms with Gasteiger partial charge in [0.25, 0.3) is 5.91 Å². The standard InChI is InChI=1S/C42H39F2N7O2/c1-3-28-9-6-10-29-11-7-13-31(34(28)29)36-35(44)37-32(23-46-36)38(48-40(47-37)53-26-42-14-8-18-50(42)24-27(2)22-42)49-19-15-41(25-49)16-20-51(41)39(52)33(43)21-30-12-4-5-17-45-30/h1,4-7,9-13,17,21,23,27H,8,14-16,18-20,22,24-26H2,2H3/b33-21-/t27-,41?,42+/m1/s1. The van der Waals surface area contributed by atoms with Crippen molar-refractivity contribution in [1.82, 2.24) is 29.7 Å². The summed E-state index contributed by atoms with van der Waals surface area (Å²) in [6, 6.07) is 16.5. The fourth-order valence-electron chi connectivity index (χ4n) is 9.29. The van der Waals surface area contributed by atoms with Gasteiger partial charge in [-0.15, -0.1) is 6.42 Å². The molecule has 11 heteroatoms. The molecule has 0 saturated carbocycles. The summed E-state index contributed by atoms with van der Waals surface area (Å²) in [5, 5.41) is 2.05. The lowest BCUT2D eigenvalue weighted by atomic mass is 9.83. The summed E-state index contributed by atoms with van der Waals surface area (Å²) in [6.45, 7) is 6.11. The van der Waals surface area contributed by atoms with Crippen molar-refractivity contribution in [3.8, 4) is 29.6 Å². The number of rotatable bonds is 7. The monoisotopic (exact) mass is 711 g/mol. The number of hydrogen-bond donors (Lipinski definition) is 0. The number of terminal acetylenes is 1. The number of ether oxygens (including phenoxy) is 1. The third-order valence-electron chi connectivity index (χ3n) is 11.8. The predicted octanol–water partition coefficient (Wildman–Crippen LogP) is 6.81. The molecule has 7 heterocycles. The second-order valence-corrected chi connectivity index (χ2v) is 15.1. The molecule has 9 nitrogen and oxygen atoms in total. The second kappa shape index (κ2) is 12.9. The summed E-state index contributed by atoms with van der Waals surface area (Å²) >= 11 is 0. The van der Waals surface area contributed by atoms with Crippen LogP contribution in [-0.4, -0.2) is 86.1 Å². The number of nitrogens with zero attached hydrogens (tertiary/aromatic N) is 7. The first-order chi connectivity index (χ1) is 25.8. The number of anilines is 1. The molecule has 1 spiro atoms. The van der Waals surface area contributed by atoms with E-state index in [4.69, 9.17) is 21.1 Å². The van der Waals surface area contributed by atoms with E-state index in [1.807, 2.05) is 41.3 Å². The number of aromatic nitrogens is 4. The van der Waals surface area contributed by atoms with Crippen LogP contribution in [0, 0.1) is 24.1 Å². The van der Waals surface area contributed by atoms with Crippen molar-refractivity contribution in [2.24, 2.45) is 5.92 Å². The maximum atomic E-state index is 17.0. The lowest BCUT2D eigenvalue weighted by Gasteiger charge is -2.50. The van der Waals surface area contributed by atoms with Gasteiger partial charge in [0.15, 0.2) is 11.6 Å². The van der Waals surface area contributed by atoms with Crippen LogP contribution in [0.2, 0.25) is 0 Å². The van der Waals surface area contributed by atoms with E-state index in [2.05, 4.69) is 27.7 Å². The molecule has 4 fully saturated rings. The van der Waals surface area contributed by atoms with Gasteiger partial charge in [0.2, 0.25) is 0 Å². The Hall–Kier alpha value is -5.47. The number of carbonyl (C=O) groups excluding carboxylic acids is 1. The highest BCUT2D eigenvalue weighted by Gasteiger charge is 2.53. The Morgan fingerprint density at radius 2 is 1.91 bits per heavy atom. The zero-order valence-corrected chi connectivity index (χ0v) is 29.6. The normalized spacial score (nSPS) is 24.2. The topological polar surface area (TPSA) is 87.6 Å². The molecule has 53 heavy (non-hydrogen) atoms. The molecule has 0 aliphatic carbocycles. The summed E-state index contributed by atoms with van der Waals surface area (Å²) < 4.78 is 38.8. The number of carbonyl (C=O) groups is 1. The average Bonchev–Trinajstić information content (AvgIpc) is 3.87. The quantitative estimate of drug-likeness (QED) is 0.135. The maximum Gasteiger partial charge on any atom is 0.319 e. The van der Waals surface area contributed by atoms with Crippen LogP contribution in [0.4, 0.5) is 14.6 Å². The Bertz CT molecular complexity index is 2340. The van der Waals surface area contributed by atoms with Gasteiger partial charge in [0.05, 0.1) is 22.2 Å². The Balaban J connectivity index is 1.09. The van der Waals surface area contributed by atoms with Crippen molar-refractivity contribution in [2.45, 2.75) is 50.1 Å². The highest BCUT2D eigenvalue weighted by molar-refractivity contribution is 6.02. The smallest absolute Gasteiger partial charge is 0.319 e. The molecular weight excluding hydrogens is 673 g/mol. The first-order valence-electron chi connectivity index (χ1n) is 18.4. The van der Waals surface area contributed by atoms with Crippen LogP contribution >= 0.6 is 0 Å². The van der Waals surface area contributed by atoms with Crippen LogP contribution in [0.3, 0.4) is 0 Å². The summed E-state index contributed by atoms with van der Waals surface area (Å²) in [5.41, 5.74) is 1.14. The number of benzene rings is 2. The molecule has 3 atom stereocenters. The van der Waals surface area contributed by atoms with E-state index in [-0.39, 0.29) is 22.8 Å². The van der Waals surface area contributed by atoms with Crippen LogP contribution in [0.1, 0.15) is 50.3 Å². The predicted molar refractivity (Wildman–Crippen MR) is 200 cm³/mol. The molecule has 0 N–H and O–H groups in total. The van der Waals surface area contributed by atoms with Crippen molar-refractivity contribution in [1.29, 1.82) is 0 Å². The minimum Gasteiger partial charge on any atom is -0.461 e. The van der Waals surface area contributed by atoms with Crippen molar-refractivity contribution in [3.05, 3.63) is 89.9 Å². The van der Waals surface area contributed by atoms with E-state index < -0.39 is 23.1 Å². The Labute approximate surface area is 306 Å². The average molecular weight is 712 g/mol. The Kier molecular flexibility index (Phi) is 8.11. The van der Waals surface area contributed by atoms with E-state index in [9.17, 15) is 4.79 Å². The van der Waals surface area contributed by atoms with Crippen molar-refractivity contribution >= 4 is 39.5 Å². The lowest BCUT2D eigenvalue weighted by Crippen LogP contribution is -2.63. The maximum absolute atomic E-state index is 17.0. The molecule has 9 rings (SSSR count). The molecule has 4 saturated heterocycles. The molecule has 4 aliphatic rings. The lowest BCUT2D eigenvalue weighted by molar-refractivity contribution is -0.142. The van der Waals surface area contributed by atoms with Crippen molar-refractivity contribution in [3.63, 3.8) is 0 Å². The highest BCUT2D eigenvalue weighted by Crippen LogP contribution is 2.45. The number of likely N-dealkylation sites (tertiary alicyclic amines) is 1. The zero-order chi connectivity index (χ0) is 36.3. The molecule has 2 aromatic carbocycles. The summed E-state index contributed by atoms with van der Waals surface area (Å²) in [4.78, 5) is 38.0. The Morgan fingerprint density at radius 3 is 2.70 bits per heavy atom. The molecule has 3 aromatic heterocycles. The van der Waals surface area contributed by atoms with E-state index in [1.54, 1.807) is 35.5 Å². The fraction of sp³-hybridized carbons (Fsp3) is 0.357. The fourth-order valence-corrected chi connectivity index (χ4v) is 9.29. The minimum atomic E-state index is -0.855. The number of amides is 1. The molecular formula is C42H39F2N7O2. The second-order valence-electron chi connectivity index (χ2n) is 15.1. The number of pyridine rings is 2. The molecule has 0 bridgehead atoms. The molecule has 5 aromatic rings. The van der Waals surface area contributed by atoms with Gasteiger partial charge in [-0.25, -0.2) is 8.78 Å². The number of fused-ring (bicyclic) bond motifs is 3. The number of hydrogen-bond acceptors (Lipinski definition) is 8. The first kappa shape index (κ1) is 33.4. The third-order valence-corrected chi connectivity index (χ3v) is 11.8. The van der Waals surface area contributed by atoms with Crippen LogP contribution < -0.4 is 9.64 Å². The third kappa shape index (κ3) is 5.59. The summed E-state index contributed by atoms with van der Waals surface area (Å²) in [7, 11) is 0. The van der Waals surface area contributed by atoms with Gasteiger partial charge >= 0.3 is 6.01 Å². The van der Waals surface area contributed by atoms with Crippen molar-refractivity contribution in [2.75, 3.05) is 44.2 Å². The highest BCUT2D eigenvalue weighted by atomic mass is 19.1. The van der Waals surface area contributed by atoms with E-state index in [1.165, 1.54) is 6.08 Å². The zero-order valence-electron chi connectivity index (χ0n) is 29.6. The molecule has 268 valence electrons. The number of halogens is 2. The molecule has 0 radical (unpaired) electrons. The summed E-state index contributed by atoms with van der Waals surface area (Å²) in [5.74, 6) is 1.67. The largest absolute Gasteiger partial charge is 0.461 e. The van der Waals surface area contributed by atoms with Crippen molar-refractivity contribution < 1.29 is 18.3 Å². The van der Waals surface area contributed by atoms with Crippen LogP contribution in [-0.2, 0) is 4.79 Å². The van der Waals surface area contributed by atoms with Gasteiger partial charge < -0.3 is 14.5 Å². The molecule has 1 amide bonds. The van der Waals surface area contributed by atoms with Crippen LogP contribution in [0.25, 0.3) is 39.0 Å². The van der Waals surface area contributed by atoms with Gasteiger partial charge in [-0.05, 0) is 68.2 Å². The van der Waals surface area contributed by atoms with E-state index in [0.717, 1.165) is 43.1 Å². The van der Waals surface area contributed by atoms with Gasteiger partial charge in [0.1, 0.15) is 23.6 Å². The Morgan fingerprint density at radius 1 is 1.06 bits per heavy atom. The van der Waals surface area contributed by atoms with Gasteiger partial charge in [0, 0.05) is 61.2 Å². The first-order valence-corrected chi connectivity index (χ1v) is 18.4. The summed E-state index contributed by atoms with van der Waals surface area (Å²) in [6.07, 6.45) is 14.7. The van der Waals surface area contributed by atoms with E-state index in [0.29, 0.717) is 73.0 Å². The molecule has 1 unspecified atom stereocenters. The minimum absolute atomic E-state index is 0.0915. The van der Waals surface area contributed by atoms with Crippen LogP contribution in [0.5, 0.6) is 6.01 Å². The van der Waals surface area contributed by atoms with Gasteiger partial charge in [-0.2, -0.15) is 9.97 Å². The van der Waals surface area contributed by atoms with E-state index >= 15 is 8.78 Å². The van der Waals surface area contributed by atoms with Gasteiger partial charge in [-0.3, -0.25) is 19.7 Å². The SMILES string of the molecule is C#Cc1cccc2cccc(-c3ncc4c(N5CCC6(CCN6C(=O)/C(F)=C/c6ccccn6)C5)nc(OC[C@@]56CCCN5C[C@H](C)C6)nc4c3F)c12. The van der Waals surface area contributed by atoms with Gasteiger partial charge in [-0.1, -0.05) is 49.2 Å².